The van der Waals surface area contributed by atoms with Crippen LogP contribution in [0.4, 0.5) is 8.78 Å². The lowest BCUT2D eigenvalue weighted by Crippen LogP contribution is -2.03. The van der Waals surface area contributed by atoms with Crippen LogP contribution in [-0.2, 0) is 0 Å². The van der Waals surface area contributed by atoms with Crippen LogP contribution >= 0.6 is 0 Å². The molecule has 0 bridgehead atoms. The molecule has 1 heterocycles. The number of nitrogens with zero attached hydrogens (tertiary/aromatic N) is 2. The molecule has 1 aromatic carbocycles. The van der Waals surface area contributed by atoms with Crippen molar-refractivity contribution in [1.29, 1.82) is 0 Å². The summed E-state index contributed by atoms with van der Waals surface area (Å²) in [4.78, 5) is 7.59. The molecule has 1 N–H and O–H groups in total. The summed E-state index contributed by atoms with van der Waals surface area (Å²) in [5.74, 6) is 0.0465. The van der Waals surface area contributed by atoms with Crippen LogP contribution in [0.15, 0.2) is 43.0 Å². The van der Waals surface area contributed by atoms with Gasteiger partial charge in [0.2, 0.25) is 0 Å². The number of halogens is 2. The van der Waals surface area contributed by atoms with Crippen molar-refractivity contribution >= 4 is 0 Å². The van der Waals surface area contributed by atoms with Crippen LogP contribution < -0.4 is 4.74 Å². The Balaban J connectivity index is 2.14. The van der Waals surface area contributed by atoms with Gasteiger partial charge in [0.15, 0.2) is 0 Å². The maximum atomic E-state index is 12.0. The normalized spacial score (nSPS) is 12.4. The largest absolute Gasteiger partial charge is 0.435 e. The Morgan fingerprint density at radius 3 is 2.17 bits per heavy atom. The molecule has 0 amide bonds. The average molecular weight is 252 g/mol. The summed E-state index contributed by atoms with van der Waals surface area (Å²) in [6, 6.07) is 5.76. The lowest BCUT2D eigenvalue weighted by Gasteiger charge is -2.11. The quantitative estimate of drug-likeness (QED) is 0.905. The Kier molecular flexibility index (Phi) is 3.78. The molecule has 0 aliphatic carbocycles. The van der Waals surface area contributed by atoms with E-state index in [1.807, 2.05) is 0 Å². The minimum Gasteiger partial charge on any atom is -0.435 e. The summed E-state index contributed by atoms with van der Waals surface area (Å²) < 4.78 is 28.1. The van der Waals surface area contributed by atoms with Crippen LogP contribution in [0.2, 0.25) is 0 Å². The molecule has 0 aliphatic rings. The van der Waals surface area contributed by atoms with Crippen molar-refractivity contribution in [3.63, 3.8) is 0 Å². The second-order valence-electron chi connectivity index (χ2n) is 3.52. The van der Waals surface area contributed by atoms with Crippen LogP contribution in [0.1, 0.15) is 17.2 Å². The molecule has 94 valence electrons. The first kappa shape index (κ1) is 12.4. The van der Waals surface area contributed by atoms with Gasteiger partial charge in [-0.15, -0.1) is 0 Å². The smallest absolute Gasteiger partial charge is 0.387 e. The first-order valence-electron chi connectivity index (χ1n) is 5.14. The first-order chi connectivity index (χ1) is 8.66. The fourth-order valence-corrected chi connectivity index (χ4v) is 1.48. The fourth-order valence-electron chi connectivity index (χ4n) is 1.48. The summed E-state index contributed by atoms with van der Waals surface area (Å²) in [5.41, 5.74) is 1.08. The van der Waals surface area contributed by atoms with Gasteiger partial charge in [-0.2, -0.15) is 8.78 Å². The molecule has 1 aromatic heterocycles. The number of aromatic nitrogens is 2. The second-order valence-corrected chi connectivity index (χ2v) is 3.52. The lowest BCUT2D eigenvalue weighted by molar-refractivity contribution is -0.0498. The molecule has 18 heavy (non-hydrogen) atoms. The molecule has 0 saturated heterocycles. The molecule has 2 rings (SSSR count). The zero-order valence-electron chi connectivity index (χ0n) is 9.20. The van der Waals surface area contributed by atoms with Gasteiger partial charge < -0.3 is 9.84 Å². The molecule has 6 heteroatoms. The number of hydrogen-bond donors (Lipinski definition) is 1. The highest BCUT2D eigenvalue weighted by Crippen LogP contribution is 2.23. The highest BCUT2D eigenvalue weighted by Gasteiger charge is 2.11. The molecule has 1 unspecified atom stereocenters. The Morgan fingerprint density at radius 2 is 1.61 bits per heavy atom. The van der Waals surface area contributed by atoms with Crippen LogP contribution in [0, 0.1) is 0 Å². The molecular weight excluding hydrogens is 242 g/mol. The van der Waals surface area contributed by atoms with E-state index in [1.54, 1.807) is 0 Å². The standard InChI is InChI=1S/C12H10F2N2O2/c13-12(14)18-10-3-1-8(2-4-10)11(17)9-5-15-7-16-6-9/h1-7,11-12,17H. The number of rotatable bonds is 4. The van der Waals surface area contributed by atoms with Gasteiger partial charge in [0.05, 0.1) is 0 Å². The summed E-state index contributed by atoms with van der Waals surface area (Å²) in [6.45, 7) is -2.86. The maximum absolute atomic E-state index is 12.0. The lowest BCUT2D eigenvalue weighted by atomic mass is 10.0. The predicted molar refractivity (Wildman–Crippen MR) is 59.2 cm³/mol. The van der Waals surface area contributed by atoms with E-state index < -0.39 is 12.7 Å². The SMILES string of the molecule is OC(c1ccc(OC(F)F)cc1)c1cncnc1. The van der Waals surface area contributed by atoms with Crippen LogP contribution in [0.5, 0.6) is 5.75 Å². The monoisotopic (exact) mass is 252 g/mol. The van der Waals surface area contributed by atoms with Gasteiger partial charge in [0.1, 0.15) is 18.2 Å². The van der Waals surface area contributed by atoms with Crippen molar-refractivity contribution in [1.82, 2.24) is 9.97 Å². The molecule has 2 aromatic rings. The van der Waals surface area contributed by atoms with Gasteiger partial charge >= 0.3 is 6.61 Å². The molecule has 4 nitrogen and oxygen atoms in total. The molecule has 0 spiro atoms. The van der Waals surface area contributed by atoms with E-state index >= 15 is 0 Å². The summed E-state index contributed by atoms with van der Waals surface area (Å²) >= 11 is 0. The number of benzene rings is 1. The molecular formula is C12H10F2N2O2. The van der Waals surface area contributed by atoms with E-state index in [9.17, 15) is 13.9 Å². The number of alkyl halides is 2. The zero-order valence-corrected chi connectivity index (χ0v) is 9.20. The highest BCUT2D eigenvalue weighted by molar-refractivity contribution is 5.32. The third kappa shape index (κ3) is 2.98. The van der Waals surface area contributed by atoms with E-state index in [0.717, 1.165) is 0 Å². The van der Waals surface area contributed by atoms with Crippen LogP contribution in [-0.4, -0.2) is 21.7 Å². The van der Waals surface area contributed by atoms with Gasteiger partial charge in [-0.25, -0.2) is 9.97 Å². The van der Waals surface area contributed by atoms with Crippen molar-refractivity contribution in [2.75, 3.05) is 0 Å². The number of hydrogen-bond acceptors (Lipinski definition) is 4. The number of ether oxygens (including phenoxy) is 1. The Bertz CT molecular complexity index is 491. The Morgan fingerprint density at radius 1 is 1.00 bits per heavy atom. The molecule has 0 saturated carbocycles. The Hall–Kier alpha value is -2.08. The van der Waals surface area contributed by atoms with E-state index in [4.69, 9.17) is 0 Å². The number of aliphatic hydroxyl groups excluding tert-OH is 1. The van der Waals surface area contributed by atoms with Gasteiger partial charge in [0.25, 0.3) is 0 Å². The van der Waals surface area contributed by atoms with E-state index in [-0.39, 0.29) is 5.75 Å². The summed E-state index contributed by atoms with van der Waals surface area (Å²) in [6.07, 6.45) is 3.44. The topological polar surface area (TPSA) is 55.2 Å². The first-order valence-corrected chi connectivity index (χ1v) is 5.14. The summed E-state index contributed by atoms with van der Waals surface area (Å²) in [5, 5.41) is 10.00. The second kappa shape index (κ2) is 5.50. The predicted octanol–water partition coefficient (Wildman–Crippen LogP) is 2.16. The van der Waals surface area contributed by atoms with Gasteiger partial charge in [-0.3, -0.25) is 0 Å². The van der Waals surface area contributed by atoms with Crippen molar-refractivity contribution < 1.29 is 18.6 Å². The molecule has 0 radical (unpaired) electrons. The third-order valence-corrected chi connectivity index (χ3v) is 2.32. The van der Waals surface area contributed by atoms with Crippen LogP contribution in [0.25, 0.3) is 0 Å². The number of aliphatic hydroxyl groups is 1. The fraction of sp³-hybridized carbons (Fsp3) is 0.167. The van der Waals surface area contributed by atoms with E-state index in [0.29, 0.717) is 11.1 Å². The van der Waals surface area contributed by atoms with Gasteiger partial charge in [0, 0.05) is 18.0 Å². The maximum Gasteiger partial charge on any atom is 0.387 e. The molecule has 1 atom stereocenters. The van der Waals surface area contributed by atoms with E-state index in [2.05, 4.69) is 14.7 Å². The van der Waals surface area contributed by atoms with E-state index in [1.165, 1.54) is 43.0 Å². The summed E-state index contributed by atoms with van der Waals surface area (Å²) in [7, 11) is 0. The third-order valence-electron chi connectivity index (χ3n) is 2.32. The average Bonchev–Trinajstić information content (AvgIpc) is 2.39. The van der Waals surface area contributed by atoms with Crippen molar-refractivity contribution in [3.05, 3.63) is 54.1 Å². The minimum atomic E-state index is -2.86. The van der Waals surface area contributed by atoms with Crippen molar-refractivity contribution in [2.45, 2.75) is 12.7 Å². The van der Waals surface area contributed by atoms with Gasteiger partial charge in [-0.1, -0.05) is 12.1 Å². The molecule has 0 aliphatic heterocycles. The van der Waals surface area contributed by atoms with Crippen LogP contribution in [0.3, 0.4) is 0 Å². The highest BCUT2D eigenvalue weighted by atomic mass is 19.3. The minimum absolute atomic E-state index is 0.0465. The molecule has 0 fully saturated rings. The van der Waals surface area contributed by atoms with Crippen molar-refractivity contribution in [2.24, 2.45) is 0 Å². The Labute approximate surface area is 102 Å². The van der Waals surface area contributed by atoms with Gasteiger partial charge in [-0.05, 0) is 17.7 Å². The van der Waals surface area contributed by atoms with Crippen molar-refractivity contribution in [3.8, 4) is 5.75 Å². The zero-order chi connectivity index (χ0) is 13.0.